The Hall–Kier alpha value is -3.15. The third kappa shape index (κ3) is 5.26. The number of hydrogen-bond acceptors (Lipinski definition) is 4. The van der Waals surface area contributed by atoms with Crippen molar-refractivity contribution in [2.45, 2.75) is 6.42 Å². The lowest BCUT2D eigenvalue weighted by molar-refractivity contribution is -0.116. The average molecular weight is 435 g/mol. The molecule has 0 spiro atoms. The minimum Gasteiger partial charge on any atom is -0.493 e. The number of rotatable bonds is 7. The molecule has 6 heteroatoms. The van der Waals surface area contributed by atoms with Crippen molar-refractivity contribution in [1.82, 2.24) is 4.98 Å². The van der Waals surface area contributed by atoms with Crippen LogP contribution in [0.2, 0.25) is 5.02 Å². The lowest BCUT2D eigenvalue weighted by Crippen LogP contribution is -2.15. The van der Waals surface area contributed by atoms with Gasteiger partial charge in [-0.25, -0.2) is 4.98 Å². The van der Waals surface area contributed by atoms with E-state index in [1.165, 1.54) is 0 Å². The molecule has 0 unspecified atom stereocenters. The first kappa shape index (κ1) is 20.1. The van der Waals surface area contributed by atoms with E-state index < -0.39 is 0 Å². The number of nitrogens with one attached hydrogen (secondary N) is 1. The summed E-state index contributed by atoms with van der Waals surface area (Å²) in [6.07, 6.45) is 0.285. The van der Waals surface area contributed by atoms with Gasteiger partial charge in [-0.1, -0.05) is 54.1 Å². The van der Waals surface area contributed by atoms with E-state index in [9.17, 15) is 4.79 Å². The fourth-order valence-corrected chi connectivity index (χ4v) is 3.82. The standard InChI is InChI=1S/C24H19ClN2O2S/c25-19-10-6-18(7-11-19)24-27-22(16-30-24)17-8-12-20(13-9-17)26-23(28)14-15-29-21-4-2-1-3-5-21/h1-13,16H,14-15H2,(H,26,28). The first-order chi connectivity index (χ1) is 14.7. The molecular formula is C24H19ClN2O2S. The van der Waals surface area contributed by atoms with Gasteiger partial charge in [-0.2, -0.15) is 0 Å². The average Bonchev–Trinajstić information content (AvgIpc) is 3.26. The van der Waals surface area contributed by atoms with E-state index in [1.54, 1.807) is 11.3 Å². The molecule has 0 aliphatic heterocycles. The number of halogens is 1. The summed E-state index contributed by atoms with van der Waals surface area (Å²) in [6, 6.07) is 24.8. The molecule has 3 aromatic carbocycles. The normalized spacial score (nSPS) is 10.6. The Kier molecular flexibility index (Phi) is 6.42. The first-order valence-electron chi connectivity index (χ1n) is 9.47. The molecule has 0 bridgehead atoms. The summed E-state index contributed by atoms with van der Waals surface area (Å²) in [5, 5.41) is 6.57. The lowest BCUT2D eigenvalue weighted by Gasteiger charge is -2.07. The predicted molar refractivity (Wildman–Crippen MR) is 123 cm³/mol. The van der Waals surface area contributed by atoms with Crippen molar-refractivity contribution in [3.05, 3.63) is 89.3 Å². The van der Waals surface area contributed by atoms with Crippen LogP contribution in [0.25, 0.3) is 21.8 Å². The highest BCUT2D eigenvalue weighted by Gasteiger charge is 2.08. The molecule has 4 nitrogen and oxygen atoms in total. The summed E-state index contributed by atoms with van der Waals surface area (Å²) in [5.74, 6) is 0.674. The molecule has 1 amide bonds. The number of carbonyl (C=O) groups excluding carboxylic acids is 1. The Morgan fingerprint density at radius 1 is 0.933 bits per heavy atom. The maximum atomic E-state index is 12.1. The van der Waals surface area contributed by atoms with Gasteiger partial charge in [0.15, 0.2) is 0 Å². The van der Waals surface area contributed by atoms with Gasteiger partial charge in [0.05, 0.1) is 18.7 Å². The minimum atomic E-state index is -0.0858. The number of anilines is 1. The molecule has 30 heavy (non-hydrogen) atoms. The fraction of sp³-hybridized carbons (Fsp3) is 0.0833. The summed E-state index contributed by atoms with van der Waals surface area (Å²) in [7, 11) is 0. The number of carbonyl (C=O) groups is 1. The van der Waals surface area contributed by atoms with Gasteiger partial charge in [0.1, 0.15) is 10.8 Å². The van der Waals surface area contributed by atoms with E-state index in [0.29, 0.717) is 11.6 Å². The lowest BCUT2D eigenvalue weighted by atomic mass is 10.1. The first-order valence-corrected chi connectivity index (χ1v) is 10.7. The third-order valence-corrected chi connectivity index (χ3v) is 5.54. The number of amides is 1. The van der Waals surface area contributed by atoms with Crippen molar-refractivity contribution in [3.63, 3.8) is 0 Å². The Labute approximate surface area is 184 Å². The van der Waals surface area contributed by atoms with E-state index in [2.05, 4.69) is 5.32 Å². The topological polar surface area (TPSA) is 51.2 Å². The number of aromatic nitrogens is 1. The van der Waals surface area contributed by atoms with Crippen LogP contribution in [0.4, 0.5) is 5.69 Å². The molecule has 4 rings (SSSR count). The summed E-state index contributed by atoms with van der Waals surface area (Å²) < 4.78 is 5.56. The highest BCUT2D eigenvalue weighted by atomic mass is 35.5. The molecule has 0 saturated heterocycles. The predicted octanol–water partition coefficient (Wildman–Crippen LogP) is 6.54. The molecule has 0 atom stereocenters. The largest absolute Gasteiger partial charge is 0.493 e. The number of nitrogens with zero attached hydrogens (tertiary/aromatic N) is 1. The van der Waals surface area contributed by atoms with Crippen LogP contribution in [0.15, 0.2) is 84.2 Å². The van der Waals surface area contributed by atoms with Crippen molar-refractivity contribution in [2.24, 2.45) is 0 Å². The van der Waals surface area contributed by atoms with Gasteiger partial charge in [-0.3, -0.25) is 4.79 Å². The Morgan fingerprint density at radius 3 is 2.37 bits per heavy atom. The number of hydrogen-bond donors (Lipinski definition) is 1. The van der Waals surface area contributed by atoms with Crippen molar-refractivity contribution < 1.29 is 9.53 Å². The van der Waals surface area contributed by atoms with E-state index in [1.807, 2.05) is 84.2 Å². The van der Waals surface area contributed by atoms with Crippen LogP contribution >= 0.6 is 22.9 Å². The second kappa shape index (κ2) is 9.57. The van der Waals surface area contributed by atoms with Gasteiger partial charge in [-0.05, 0) is 36.4 Å². The van der Waals surface area contributed by atoms with Gasteiger partial charge < -0.3 is 10.1 Å². The van der Waals surface area contributed by atoms with Crippen molar-refractivity contribution in [2.75, 3.05) is 11.9 Å². The van der Waals surface area contributed by atoms with E-state index in [4.69, 9.17) is 21.3 Å². The molecule has 1 aromatic heterocycles. The molecule has 0 fully saturated rings. The second-order valence-electron chi connectivity index (χ2n) is 6.58. The smallest absolute Gasteiger partial charge is 0.227 e. The zero-order valence-corrected chi connectivity index (χ0v) is 17.6. The molecule has 0 aliphatic rings. The summed E-state index contributed by atoms with van der Waals surface area (Å²) in [6.45, 7) is 0.334. The zero-order valence-electron chi connectivity index (χ0n) is 16.0. The molecule has 1 N–H and O–H groups in total. The van der Waals surface area contributed by atoms with Gasteiger partial charge in [0.25, 0.3) is 0 Å². The van der Waals surface area contributed by atoms with Gasteiger partial charge in [-0.15, -0.1) is 11.3 Å². The quantitative estimate of drug-likeness (QED) is 0.359. The Balaban J connectivity index is 1.33. The number of para-hydroxylation sites is 1. The number of ether oxygens (including phenoxy) is 1. The Bertz CT molecular complexity index is 1110. The molecular weight excluding hydrogens is 416 g/mol. The summed E-state index contributed by atoms with van der Waals surface area (Å²) in [5.41, 5.74) is 3.69. The van der Waals surface area contributed by atoms with E-state index in [0.717, 1.165) is 33.3 Å². The van der Waals surface area contributed by atoms with E-state index in [-0.39, 0.29) is 12.3 Å². The highest BCUT2D eigenvalue weighted by Crippen LogP contribution is 2.30. The van der Waals surface area contributed by atoms with Gasteiger partial charge in [0, 0.05) is 27.2 Å². The minimum absolute atomic E-state index is 0.0858. The summed E-state index contributed by atoms with van der Waals surface area (Å²) in [4.78, 5) is 16.8. The zero-order chi connectivity index (χ0) is 20.8. The summed E-state index contributed by atoms with van der Waals surface area (Å²) >= 11 is 7.54. The van der Waals surface area contributed by atoms with Crippen molar-refractivity contribution in [1.29, 1.82) is 0 Å². The van der Waals surface area contributed by atoms with Gasteiger partial charge >= 0.3 is 0 Å². The molecule has 0 aliphatic carbocycles. The van der Waals surface area contributed by atoms with Crippen LogP contribution in [0.1, 0.15) is 6.42 Å². The van der Waals surface area contributed by atoms with Crippen LogP contribution in [-0.4, -0.2) is 17.5 Å². The number of thiazole rings is 1. The SMILES string of the molecule is O=C(CCOc1ccccc1)Nc1ccc(-c2csc(-c3ccc(Cl)cc3)n2)cc1. The van der Waals surface area contributed by atoms with Gasteiger partial charge in [0.2, 0.25) is 5.91 Å². The van der Waals surface area contributed by atoms with Crippen LogP contribution in [0.5, 0.6) is 5.75 Å². The van der Waals surface area contributed by atoms with Crippen LogP contribution in [0.3, 0.4) is 0 Å². The molecule has 150 valence electrons. The monoisotopic (exact) mass is 434 g/mol. The van der Waals surface area contributed by atoms with E-state index >= 15 is 0 Å². The highest BCUT2D eigenvalue weighted by molar-refractivity contribution is 7.13. The molecule has 4 aromatic rings. The van der Waals surface area contributed by atoms with Crippen LogP contribution in [0, 0.1) is 0 Å². The molecule has 0 saturated carbocycles. The Morgan fingerprint density at radius 2 is 1.63 bits per heavy atom. The maximum absolute atomic E-state index is 12.1. The van der Waals surface area contributed by atoms with Crippen molar-refractivity contribution in [3.8, 4) is 27.6 Å². The second-order valence-corrected chi connectivity index (χ2v) is 7.88. The fourth-order valence-electron chi connectivity index (χ4n) is 2.86. The van der Waals surface area contributed by atoms with Crippen LogP contribution < -0.4 is 10.1 Å². The molecule has 0 radical (unpaired) electrons. The van der Waals surface area contributed by atoms with Crippen molar-refractivity contribution >= 4 is 34.5 Å². The maximum Gasteiger partial charge on any atom is 0.227 e. The molecule has 1 heterocycles. The number of benzene rings is 3. The third-order valence-electron chi connectivity index (χ3n) is 4.40. The van der Waals surface area contributed by atoms with Crippen LogP contribution in [-0.2, 0) is 4.79 Å².